The van der Waals surface area contributed by atoms with Gasteiger partial charge in [0.1, 0.15) is 12.1 Å². The van der Waals surface area contributed by atoms with Crippen LogP contribution >= 0.6 is 0 Å². The zero-order valence-electron chi connectivity index (χ0n) is 15.9. The van der Waals surface area contributed by atoms with Gasteiger partial charge in [0.15, 0.2) is 0 Å². The van der Waals surface area contributed by atoms with Crippen LogP contribution in [0.3, 0.4) is 0 Å². The van der Waals surface area contributed by atoms with Crippen molar-refractivity contribution in [2.45, 2.75) is 19.0 Å². The van der Waals surface area contributed by atoms with E-state index in [0.717, 1.165) is 10.5 Å². The molecule has 1 fully saturated rings. The number of hydrogen-bond acceptors (Lipinski definition) is 6. The fourth-order valence-corrected chi connectivity index (χ4v) is 3.31. The highest BCUT2D eigenvalue weighted by molar-refractivity contribution is 6.08. The number of nitro groups is 1. The lowest BCUT2D eigenvalue weighted by atomic mass is 9.89. The molecule has 2 aromatic rings. The molecule has 3 amide bonds. The Morgan fingerprint density at radius 3 is 2.28 bits per heavy atom. The molecule has 2 aromatic carbocycles. The van der Waals surface area contributed by atoms with Gasteiger partial charge in [-0.1, -0.05) is 30.3 Å². The largest absolute Gasteiger partial charge is 0.468 e. The van der Waals surface area contributed by atoms with Crippen molar-refractivity contribution in [1.82, 2.24) is 9.80 Å². The van der Waals surface area contributed by atoms with E-state index in [1.807, 2.05) is 30.3 Å². The molecule has 150 valence electrons. The van der Waals surface area contributed by atoms with E-state index >= 15 is 0 Å². The van der Waals surface area contributed by atoms with E-state index in [1.54, 1.807) is 6.92 Å². The fraction of sp³-hybridized carbons (Fsp3) is 0.250. The zero-order valence-corrected chi connectivity index (χ0v) is 15.9. The molecule has 1 aliphatic heterocycles. The number of esters is 1. The molecule has 0 bridgehead atoms. The lowest BCUT2D eigenvalue weighted by Crippen LogP contribution is -2.44. The van der Waals surface area contributed by atoms with Crippen LogP contribution in [0.15, 0.2) is 54.6 Å². The third kappa shape index (κ3) is 3.54. The first-order chi connectivity index (χ1) is 13.8. The second kappa shape index (κ2) is 7.70. The first-order valence-corrected chi connectivity index (χ1v) is 8.78. The molecular formula is C20H19N3O6. The molecule has 9 nitrogen and oxygen atoms in total. The van der Waals surface area contributed by atoms with E-state index in [0.29, 0.717) is 5.56 Å². The van der Waals surface area contributed by atoms with E-state index in [1.165, 1.54) is 36.3 Å². The number of carbonyl (C=O) groups is 3. The third-order valence-corrected chi connectivity index (χ3v) is 5.00. The number of non-ortho nitro benzene ring substituents is 1. The molecule has 1 heterocycles. The van der Waals surface area contributed by atoms with Crippen LogP contribution in [-0.4, -0.2) is 46.3 Å². The van der Waals surface area contributed by atoms with Crippen LogP contribution in [0.1, 0.15) is 18.1 Å². The Bertz CT molecular complexity index is 960. The second-order valence-electron chi connectivity index (χ2n) is 6.70. The van der Waals surface area contributed by atoms with Gasteiger partial charge in [-0.3, -0.25) is 24.6 Å². The van der Waals surface area contributed by atoms with Gasteiger partial charge in [-0.2, -0.15) is 0 Å². The molecule has 29 heavy (non-hydrogen) atoms. The van der Waals surface area contributed by atoms with Gasteiger partial charge in [-0.05, 0) is 30.2 Å². The molecule has 1 unspecified atom stereocenters. The fourth-order valence-electron chi connectivity index (χ4n) is 3.31. The summed E-state index contributed by atoms with van der Waals surface area (Å²) in [7, 11) is 1.17. The van der Waals surface area contributed by atoms with E-state index in [2.05, 4.69) is 4.74 Å². The van der Waals surface area contributed by atoms with Crippen molar-refractivity contribution in [3.63, 3.8) is 0 Å². The van der Waals surface area contributed by atoms with Gasteiger partial charge in [0.25, 0.3) is 11.6 Å². The molecule has 1 atom stereocenters. The van der Waals surface area contributed by atoms with Crippen molar-refractivity contribution >= 4 is 23.6 Å². The molecule has 0 aliphatic carbocycles. The van der Waals surface area contributed by atoms with Crippen molar-refractivity contribution in [3.05, 3.63) is 75.8 Å². The maximum atomic E-state index is 13.2. The first-order valence-electron chi connectivity index (χ1n) is 8.78. The standard InChI is InChI=1S/C20H19N3O6/c1-20(15-8-10-16(11-9-15)23(27)28)18(25)21(13-17(24)29-2)19(26)22(20)12-14-6-4-3-5-7-14/h3-11H,12-13H2,1-2H3. The van der Waals surface area contributed by atoms with Gasteiger partial charge in [-0.25, -0.2) is 4.79 Å². The average molecular weight is 397 g/mol. The maximum absolute atomic E-state index is 13.2. The van der Waals surface area contributed by atoms with E-state index < -0.39 is 34.9 Å². The highest BCUT2D eigenvalue weighted by atomic mass is 16.6. The third-order valence-electron chi connectivity index (χ3n) is 5.00. The summed E-state index contributed by atoms with van der Waals surface area (Å²) in [4.78, 5) is 50.6. The number of benzene rings is 2. The topological polar surface area (TPSA) is 110 Å². The Hall–Kier alpha value is -3.75. The Kier molecular flexibility index (Phi) is 5.31. The number of rotatable bonds is 6. The summed E-state index contributed by atoms with van der Waals surface area (Å²) in [5.41, 5.74) is -0.364. The van der Waals surface area contributed by atoms with Crippen LogP contribution in [0.2, 0.25) is 0 Å². The normalized spacial score (nSPS) is 18.8. The number of nitro benzene ring substituents is 1. The van der Waals surface area contributed by atoms with Crippen LogP contribution in [-0.2, 0) is 26.4 Å². The van der Waals surface area contributed by atoms with Gasteiger partial charge in [0.2, 0.25) is 0 Å². The number of carbonyl (C=O) groups excluding carboxylic acids is 3. The molecular weight excluding hydrogens is 378 g/mol. The van der Waals surface area contributed by atoms with Crippen LogP contribution in [0.25, 0.3) is 0 Å². The molecule has 0 aromatic heterocycles. The summed E-state index contributed by atoms with van der Waals surface area (Å²) < 4.78 is 4.60. The molecule has 9 heteroatoms. The quantitative estimate of drug-likeness (QED) is 0.320. The number of urea groups is 1. The number of methoxy groups -OCH3 is 1. The summed E-state index contributed by atoms with van der Waals surface area (Å²) in [5.74, 6) is -1.32. The number of hydrogen-bond donors (Lipinski definition) is 0. The molecule has 1 saturated heterocycles. The summed E-state index contributed by atoms with van der Waals surface area (Å²) in [6, 6.07) is 13.9. The zero-order chi connectivity index (χ0) is 21.2. The van der Waals surface area contributed by atoms with Gasteiger partial charge >= 0.3 is 12.0 Å². The van der Waals surface area contributed by atoms with E-state index in [-0.39, 0.29) is 12.2 Å². The first kappa shape index (κ1) is 20.0. The monoisotopic (exact) mass is 397 g/mol. The highest BCUT2D eigenvalue weighted by Crippen LogP contribution is 2.39. The second-order valence-corrected chi connectivity index (χ2v) is 6.70. The number of ether oxygens (including phenoxy) is 1. The smallest absolute Gasteiger partial charge is 0.328 e. The van der Waals surface area contributed by atoms with Crippen molar-refractivity contribution in [3.8, 4) is 0 Å². The summed E-state index contributed by atoms with van der Waals surface area (Å²) in [6.45, 7) is 1.17. The maximum Gasteiger partial charge on any atom is 0.328 e. The molecule has 0 saturated carbocycles. The molecule has 0 spiro atoms. The minimum absolute atomic E-state index is 0.122. The number of nitrogens with zero attached hydrogens (tertiary/aromatic N) is 3. The molecule has 1 aliphatic rings. The van der Waals surface area contributed by atoms with Gasteiger partial charge < -0.3 is 9.64 Å². The predicted octanol–water partition coefficient (Wildman–Crippen LogP) is 2.45. The van der Waals surface area contributed by atoms with Crippen molar-refractivity contribution < 1.29 is 24.0 Å². The molecule has 0 N–H and O–H groups in total. The van der Waals surface area contributed by atoms with E-state index in [9.17, 15) is 24.5 Å². The summed E-state index contributed by atoms with van der Waals surface area (Å²) >= 11 is 0. The Morgan fingerprint density at radius 2 is 1.72 bits per heavy atom. The van der Waals surface area contributed by atoms with Crippen molar-refractivity contribution in [2.75, 3.05) is 13.7 Å². The Balaban J connectivity index is 2.05. The molecule has 0 radical (unpaired) electrons. The lowest BCUT2D eigenvalue weighted by Gasteiger charge is -2.32. The number of imide groups is 1. The Morgan fingerprint density at radius 1 is 1.10 bits per heavy atom. The number of amides is 3. The molecule has 3 rings (SSSR count). The lowest BCUT2D eigenvalue weighted by molar-refractivity contribution is -0.384. The van der Waals surface area contributed by atoms with Gasteiger partial charge in [0, 0.05) is 18.7 Å². The Labute approximate surface area is 166 Å². The van der Waals surface area contributed by atoms with Crippen molar-refractivity contribution in [2.24, 2.45) is 0 Å². The minimum Gasteiger partial charge on any atom is -0.468 e. The van der Waals surface area contributed by atoms with Gasteiger partial charge in [-0.15, -0.1) is 0 Å². The minimum atomic E-state index is -1.43. The highest BCUT2D eigenvalue weighted by Gasteiger charge is 2.55. The van der Waals surface area contributed by atoms with Gasteiger partial charge in [0.05, 0.1) is 12.0 Å². The van der Waals surface area contributed by atoms with E-state index in [4.69, 9.17) is 0 Å². The SMILES string of the molecule is COC(=O)CN1C(=O)N(Cc2ccccc2)C(C)(c2ccc([N+](=O)[O-])cc2)C1=O. The predicted molar refractivity (Wildman–Crippen MR) is 102 cm³/mol. The van der Waals surface area contributed by atoms with Crippen LogP contribution in [0.5, 0.6) is 0 Å². The van der Waals surface area contributed by atoms with Crippen LogP contribution in [0, 0.1) is 10.1 Å². The summed E-state index contributed by atoms with van der Waals surface area (Å²) in [5, 5.41) is 11.0. The average Bonchev–Trinajstić information content (AvgIpc) is 2.91. The summed E-state index contributed by atoms with van der Waals surface area (Å²) in [6.07, 6.45) is 0. The van der Waals surface area contributed by atoms with Crippen LogP contribution < -0.4 is 0 Å². The van der Waals surface area contributed by atoms with Crippen LogP contribution in [0.4, 0.5) is 10.5 Å². The van der Waals surface area contributed by atoms with Crippen molar-refractivity contribution in [1.29, 1.82) is 0 Å².